The quantitative estimate of drug-likeness (QED) is 0.413. The Morgan fingerprint density at radius 1 is 1.50 bits per heavy atom. The number of imide groups is 1. The molecule has 0 saturated carbocycles. The third-order valence-electron chi connectivity index (χ3n) is 1.67. The maximum atomic E-state index is 10.8. The van der Waals surface area contributed by atoms with E-state index < -0.39 is 11.9 Å². The molecule has 0 heterocycles. The highest BCUT2D eigenvalue weighted by Crippen LogP contribution is 1.93. The first-order valence-corrected chi connectivity index (χ1v) is 4.54. The highest BCUT2D eigenvalue weighted by molar-refractivity contribution is 5.94. The summed E-state index contributed by atoms with van der Waals surface area (Å²) >= 11 is 0. The fourth-order valence-electron chi connectivity index (χ4n) is 0.856. The second kappa shape index (κ2) is 7.28. The van der Waals surface area contributed by atoms with Crippen molar-refractivity contribution in [3.05, 3.63) is 0 Å². The van der Waals surface area contributed by atoms with Crippen LogP contribution in [0.1, 0.15) is 19.8 Å². The van der Waals surface area contributed by atoms with E-state index in [1.165, 1.54) is 0 Å². The Bertz CT molecular complexity index is 196. The van der Waals surface area contributed by atoms with Crippen molar-refractivity contribution in [2.45, 2.75) is 25.9 Å². The van der Waals surface area contributed by atoms with Crippen LogP contribution in [0.5, 0.6) is 0 Å². The average Bonchev–Trinajstić information content (AvgIpc) is 2.10. The van der Waals surface area contributed by atoms with Crippen molar-refractivity contribution in [3.63, 3.8) is 0 Å². The molecular formula is C8H17N3O3. The van der Waals surface area contributed by atoms with Gasteiger partial charge in [-0.25, -0.2) is 4.79 Å². The highest BCUT2D eigenvalue weighted by Gasteiger charge is 2.04. The summed E-state index contributed by atoms with van der Waals surface area (Å²) in [5.74, 6) is -0.469. The number of hydrogen-bond donors (Lipinski definition) is 4. The second-order valence-electron chi connectivity index (χ2n) is 2.94. The lowest BCUT2D eigenvalue weighted by Crippen LogP contribution is -2.41. The topological polar surface area (TPSA) is 104 Å². The molecular weight excluding hydrogens is 186 g/mol. The van der Waals surface area contributed by atoms with Gasteiger partial charge in [-0.05, 0) is 19.4 Å². The summed E-state index contributed by atoms with van der Waals surface area (Å²) in [7, 11) is 0. The van der Waals surface area contributed by atoms with Gasteiger partial charge in [-0.2, -0.15) is 0 Å². The molecule has 0 rings (SSSR count). The lowest BCUT2D eigenvalue weighted by molar-refractivity contribution is -0.119. The summed E-state index contributed by atoms with van der Waals surface area (Å²) in [6.07, 6.45) is 0.928. The standard InChI is InChI=1S/C8H17N3O3/c1-2-6(12)3-4-10-5-7(13)11-8(9)14/h6,10,12H,2-5H2,1H3,(H3,9,11,13,14). The summed E-state index contributed by atoms with van der Waals surface area (Å²) < 4.78 is 0. The first-order valence-electron chi connectivity index (χ1n) is 4.54. The van der Waals surface area contributed by atoms with Gasteiger partial charge >= 0.3 is 6.03 Å². The first kappa shape index (κ1) is 12.9. The van der Waals surface area contributed by atoms with Crippen molar-refractivity contribution in [1.29, 1.82) is 0 Å². The second-order valence-corrected chi connectivity index (χ2v) is 2.94. The molecule has 0 fully saturated rings. The molecule has 0 aliphatic heterocycles. The number of aliphatic hydroxyl groups is 1. The molecule has 0 aliphatic carbocycles. The number of aliphatic hydroxyl groups excluding tert-OH is 1. The Hall–Kier alpha value is -1.14. The monoisotopic (exact) mass is 203 g/mol. The van der Waals surface area contributed by atoms with Crippen LogP contribution in [0, 0.1) is 0 Å². The Labute approximate surface area is 82.9 Å². The number of primary amides is 1. The van der Waals surface area contributed by atoms with E-state index in [-0.39, 0.29) is 12.6 Å². The minimum absolute atomic E-state index is 0.0272. The SMILES string of the molecule is CCC(O)CCNCC(=O)NC(N)=O. The summed E-state index contributed by atoms with van der Waals surface area (Å²) in [4.78, 5) is 21.1. The zero-order valence-corrected chi connectivity index (χ0v) is 8.25. The van der Waals surface area contributed by atoms with E-state index in [4.69, 9.17) is 10.8 Å². The van der Waals surface area contributed by atoms with Crippen molar-refractivity contribution in [2.75, 3.05) is 13.1 Å². The Kier molecular flexibility index (Phi) is 6.69. The Morgan fingerprint density at radius 3 is 2.64 bits per heavy atom. The third kappa shape index (κ3) is 7.51. The number of urea groups is 1. The molecule has 0 saturated heterocycles. The van der Waals surface area contributed by atoms with E-state index in [1.807, 2.05) is 12.2 Å². The van der Waals surface area contributed by atoms with Crippen LogP contribution in [-0.2, 0) is 4.79 Å². The number of carbonyl (C=O) groups excluding carboxylic acids is 2. The molecule has 82 valence electrons. The van der Waals surface area contributed by atoms with Gasteiger partial charge < -0.3 is 16.2 Å². The maximum Gasteiger partial charge on any atom is 0.318 e. The molecule has 0 bridgehead atoms. The summed E-state index contributed by atoms with van der Waals surface area (Å²) in [5, 5.41) is 13.8. The van der Waals surface area contributed by atoms with Gasteiger partial charge in [0, 0.05) is 0 Å². The van der Waals surface area contributed by atoms with Crippen LogP contribution < -0.4 is 16.4 Å². The van der Waals surface area contributed by atoms with Crippen molar-refractivity contribution < 1.29 is 14.7 Å². The third-order valence-corrected chi connectivity index (χ3v) is 1.67. The van der Waals surface area contributed by atoms with E-state index in [9.17, 15) is 9.59 Å². The fourth-order valence-corrected chi connectivity index (χ4v) is 0.856. The molecule has 0 aliphatic rings. The fraction of sp³-hybridized carbons (Fsp3) is 0.750. The molecule has 0 aromatic heterocycles. The predicted octanol–water partition coefficient (Wildman–Crippen LogP) is -1.07. The van der Waals surface area contributed by atoms with Crippen LogP contribution in [-0.4, -0.2) is 36.2 Å². The van der Waals surface area contributed by atoms with E-state index in [0.29, 0.717) is 19.4 Å². The van der Waals surface area contributed by atoms with Crippen LogP contribution in [0.2, 0.25) is 0 Å². The highest BCUT2D eigenvalue weighted by atomic mass is 16.3. The van der Waals surface area contributed by atoms with Crippen molar-refractivity contribution in [3.8, 4) is 0 Å². The molecule has 5 N–H and O–H groups in total. The minimum Gasteiger partial charge on any atom is -0.393 e. The molecule has 3 amide bonds. The molecule has 1 unspecified atom stereocenters. The van der Waals surface area contributed by atoms with E-state index >= 15 is 0 Å². The van der Waals surface area contributed by atoms with Crippen LogP contribution in [0.15, 0.2) is 0 Å². The number of hydrogen-bond acceptors (Lipinski definition) is 4. The van der Waals surface area contributed by atoms with Crippen molar-refractivity contribution >= 4 is 11.9 Å². The van der Waals surface area contributed by atoms with Gasteiger partial charge in [0.25, 0.3) is 0 Å². The molecule has 0 aromatic carbocycles. The van der Waals surface area contributed by atoms with E-state index in [0.717, 1.165) is 0 Å². The zero-order valence-electron chi connectivity index (χ0n) is 8.25. The van der Waals surface area contributed by atoms with Crippen LogP contribution in [0.25, 0.3) is 0 Å². The minimum atomic E-state index is -0.856. The van der Waals surface area contributed by atoms with Crippen molar-refractivity contribution in [2.24, 2.45) is 5.73 Å². The number of rotatable bonds is 6. The Morgan fingerprint density at radius 2 is 2.14 bits per heavy atom. The molecule has 6 nitrogen and oxygen atoms in total. The largest absolute Gasteiger partial charge is 0.393 e. The lowest BCUT2D eigenvalue weighted by atomic mass is 10.2. The van der Waals surface area contributed by atoms with Gasteiger partial charge in [0.2, 0.25) is 5.91 Å². The van der Waals surface area contributed by atoms with Gasteiger partial charge in [-0.15, -0.1) is 0 Å². The number of carbonyl (C=O) groups is 2. The first-order chi connectivity index (χ1) is 6.56. The number of nitrogens with one attached hydrogen (secondary N) is 2. The van der Waals surface area contributed by atoms with Gasteiger partial charge in [0.05, 0.1) is 12.6 Å². The summed E-state index contributed by atoms with van der Waals surface area (Å²) in [5.41, 5.74) is 4.73. The number of nitrogens with two attached hydrogens (primary N) is 1. The summed E-state index contributed by atoms with van der Waals surface area (Å²) in [6.45, 7) is 2.44. The molecule has 1 atom stereocenters. The van der Waals surface area contributed by atoms with Gasteiger partial charge in [-0.1, -0.05) is 6.92 Å². The van der Waals surface area contributed by atoms with Gasteiger partial charge in [0.1, 0.15) is 0 Å². The van der Waals surface area contributed by atoms with Crippen LogP contribution >= 0.6 is 0 Å². The smallest absolute Gasteiger partial charge is 0.318 e. The Balaban J connectivity index is 3.36. The summed E-state index contributed by atoms with van der Waals surface area (Å²) in [6, 6.07) is -0.856. The average molecular weight is 203 g/mol. The van der Waals surface area contributed by atoms with Crippen LogP contribution in [0.3, 0.4) is 0 Å². The predicted molar refractivity (Wildman–Crippen MR) is 51.5 cm³/mol. The number of amides is 3. The van der Waals surface area contributed by atoms with E-state index in [2.05, 4.69) is 5.32 Å². The van der Waals surface area contributed by atoms with E-state index in [1.54, 1.807) is 0 Å². The maximum absolute atomic E-state index is 10.8. The molecule has 14 heavy (non-hydrogen) atoms. The molecule has 6 heteroatoms. The van der Waals surface area contributed by atoms with Gasteiger partial charge in [0.15, 0.2) is 0 Å². The van der Waals surface area contributed by atoms with Gasteiger partial charge in [-0.3, -0.25) is 10.1 Å². The zero-order chi connectivity index (χ0) is 11.0. The molecule has 0 aromatic rings. The lowest BCUT2D eigenvalue weighted by Gasteiger charge is -2.07. The molecule has 0 spiro atoms. The van der Waals surface area contributed by atoms with Crippen LogP contribution in [0.4, 0.5) is 4.79 Å². The normalized spacial score (nSPS) is 12.1. The molecule has 0 radical (unpaired) electrons. The van der Waals surface area contributed by atoms with Crippen molar-refractivity contribution in [1.82, 2.24) is 10.6 Å².